The summed E-state index contributed by atoms with van der Waals surface area (Å²) in [6.07, 6.45) is 3.13. The van der Waals surface area contributed by atoms with Crippen LogP contribution in [-0.4, -0.2) is 125 Å². The molecule has 4 unspecified atom stereocenters. The van der Waals surface area contributed by atoms with Crippen molar-refractivity contribution in [3.8, 4) is 0 Å². The van der Waals surface area contributed by atoms with E-state index in [0.29, 0.717) is 39.4 Å². The monoisotopic (exact) mass is 603 g/mol. The van der Waals surface area contributed by atoms with Gasteiger partial charge in [0, 0.05) is 19.5 Å². The van der Waals surface area contributed by atoms with Crippen molar-refractivity contribution in [3.63, 3.8) is 0 Å². The van der Waals surface area contributed by atoms with Crippen molar-refractivity contribution < 1.29 is 38.1 Å². The number of hydrogen-bond donors (Lipinski definition) is 4. The summed E-state index contributed by atoms with van der Waals surface area (Å²) in [5, 5.41) is 8.67. The van der Waals surface area contributed by atoms with Crippen LogP contribution in [-0.2, 0) is 38.1 Å². The van der Waals surface area contributed by atoms with Gasteiger partial charge in [0.25, 0.3) is 0 Å². The fraction of sp³-hybridized carbons (Fsp3) is 0.852. The molecule has 2 rings (SSSR count). The van der Waals surface area contributed by atoms with Crippen LogP contribution in [0.15, 0.2) is 0 Å². The standard InChI is InChI=1S/C27H49N5O8S/c1-6-28-24(34)21-16-19(40-26(36)20-8-7-9-29-20)17-32(21)25(35)23(27(2,3)4)31-22(33)18-39-15-14-38-13-12-37-11-10-30-41-5/h19-21,23,29-30H,6-18H2,1-5H3,(H,28,34)(H,31,33). The lowest BCUT2D eigenvalue weighted by molar-refractivity contribution is -0.151. The highest BCUT2D eigenvalue weighted by molar-refractivity contribution is 7.96. The summed E-state index contributed by atoms with van der Waals surface area (Å²) in [6.45, 7) is 11.1. The van der Waals surface area contributed by atoms with E-state index in [0.717, 1.165) is 19.5 Å². The maximum absolute atomic E-state index is 13.8. The first-order chi connectivity index (χ1) is 19.6. The van der Waals surface area contributed by atoms with Gasteiger partial charge in [-0.1, -0.05) is 32.7 Å². The molecule has 0 aromatic heterocycles. The molecule has 2 saturated heterocycles. The number of amides is 3. The normalized spacial score (nSPS) is 21.5. The number of nitrogens with zero attached hydrogens (tertiary/aromatic N) is 1. The summed E-state index contributed by atoms with van der Waals surface area (Å²) in [7, 11) is 0. The molecular formula is C27H49N5O8S. The fourth-order valence-electron chi connectivity index (χ4n) is 4.64. The molecular weight excluding hydrogens is 554 g/mol. The van der Waals surface area contributed by atoms with Crippen molar-refractivity contribution in [2.75, 3.05) is 72.1 Å². The number of likely N-dealkylation sites (tertiary alicyclic amines) is 1. The summed E-state index contributed by atoms with van der Waals surface area (Å²) < 4.78 is 25.1. The maximum atomic E-state index is 13.8. The molecule has 2 fully saturated rings. The van der Waals surface area contributed by atoms with Crippen LogP contribution in [0.4, 0.5) is 0 Å². The van der Waals surface area contributed by atoms with E-state index in [1.54, 1.807) is 6.92 Å². The third-order valence-electron chi connectivity index (χ3n) is 6.72. The zero-order chi connectivity index (χ0) is 30.3. The van der Waals surface area contributed by atoms with Crippen LogP contribution in [0.3, 0.4) is 0 Å². The molecule has 2 aliphatic rings. The lowest BCUT2D eigenvalue weighted by Gasteiger charge is -2.35. The minimum atomic E-state index is -0.921. The van der Waals surface area contributed by atoms with E-state index in [1.807, 2.05) is 27.0 Å². The van der Waals surface area contributed by atoms with Crippen molar-refractivity contribution in [1.82, 2.24) is 25.6 Å². The molecule has 0 aliphatic carbocycles. The molecule has 0 radical (unpaired) electrons. The number of ether oxygens (including phenoxy) is 4. The molecule has 236 valence electrons. The van der Waals surface area contributed by atoms with Gasteiger partial charge in [-0.2, -0.15) is 0 Å². The Kier molecular flexibility index (Phi) is 15.9. The first-order valence-electron chi connectivity index (χ1n) is 14.4. The second kappa shape index (κ2) is 18.5. The Morgan fingerprint density at radius 2 is 1.73 bits per heavy atom. The van der Waals surface area contributed by atoms with Gasteiger partial charge in [-0.15, -0.1) is 0 Å². The van der Waals surface area contributed by atoms with E-state index in [4.69, 9.17) is 18.9 Å². The van der Waals surface area contributed by atoms with Crippen LogP contribution in [0.5, 0.6) is 0 Å². The molecule has 0 bridgehead atoms. The van der Waals surface area contributed by atoms with Crippen molar-refractivity contribution in [2.24, 2.45) is 5.41 Å². The molecule has 0 aromatic rings. The number of nitrogens with one attached hydrogen (secondary N) is 4. The van der Waals surface area contributed by atoms with E-state index < -0.39 is 35.4 Å². The zero-order valence-electron chi connectivity index (χ0n) is 25.1. The summed E-state index contributed by atoms with van der Waals surface area (Å²) in [5.74, 6) is -1.54. The van der Waals surface area contributed by atoms with E-state index in [9.17, 15) is 19.2 Å². The average molecular weight is 604 g/mol. The van der Waals surface area contributed by atoms with Gasteiger partial charge in [-0.25, -0.2) is 0 Å². The number of hydrogen-bond acceptors (Lipinski definition) is 11. The van der Waals surface area contributed by atoms with Crippen molar-refractivity contribution >= 4 is 35.6 Å². The predicted molar refractivity (Wildman–Crippen MR) is 155 cm³/mol. The van der Waals surface area contributed by atoms with E-state index >= 15 is 0 Å². The number of carbonyl (C=O) groups excluding carboxylic acids is 4. The molecule has 14 heteroatoms. The van der Waals surface area contributed by atoms with Crippen LogP contribution >= 0.6 is 11.9 Å². The van der Waals surface area contributed by atoms with Gasteiger partial charge in [-0.3, -0.25) is 23.9 Å². The van der Waals surface area contributed by atoms with Crippen LogP contribution in [0, 0.1) is 5.41 Å². The lowest BCUT2D eigenvalue weighted by atomic mass is 9.85. The topological polar surface area (TPSA) is 157 Å². The molecule has 0 aromatic carbocycles. The number of carbonyl (C=O) groups is 4. The molecule has 2 heterocycles. The van der Waals surface area contributed by atoms with Gasteiger partial charge in [0.1, 0.15) is 30.8 Å². The largest absolute Gasteiger partial charge is 0.459 e. The minimum Gasteiger partial charge on any atom is -0.459 e. The van der Waals surface area contributed by atoms with Gasteiger partial charge >= 0.3 is 5.97 Å². The van der Waals surface area contributed by atoms with Crippen molar-refractivity contribution in [3.05, 3.63) is 0 Å². The summed E-state index contributed by atoms with van der Waals surface area (Å²) >= 11 is 1.54. The van der Waals surface area contributed by atoms with Gasteiger partial charge < -0.3 is 39.8 Å². The predicted octanol–water partition coefficient (Wildman–Crippen LogP) is -0.164. The van der Waals surface area contributed by atoms with Crippen LogP contribution in [0.1, 0.15) is 47.0 Å². The summed E-state index contributed by atoms with van der Waals surface area (Å²) in [4.78, 5) is 53.4. The SMILES string of the molecule is CCNC(=O)C1CC(OC(=O)C2CCCN2)CN1C(=O)C(NC(=O)COCCOCCOCCNSC)C(C)(C)C. The molecule has 0 spiro atoms. The van der Waals surface area contributed by atoms with Gasteiger partial charge in [0.05, 0.1) is 39.6 Å². The highest BCUT2D eigenvalue weighted by atomic mass is 32.2. The molecule has 4 atom stereocenters. The van der Waals surface area contributed by atoms with E-state index in [-0.39, 0.29) is 44.1 Å². The number of esters is 1. The quantitative estimate of drug-likeness (QED) is 0.0938. The third kappa shape index (κ3) is 12.4. The van der Waals surface area contributed by atoms with Gasteiger partial charge in [0.15, 0.2) is 0 Å². The second-order valence-corrected chi connectivity index (χ2v) is 11.8. The van der Waals surface area contributed by atoms with Crippen LogP contribution in [0.2, 0.25) is 0 Å². The fourth-order valence-corrected chi connectivity index (χ4v) is 4.92. The maximum Gasteiger partial charge on any atom is 0.323 e. The van der Waals surface area contributed by atoms with Gasteiger partial charge in [-0.05, 0) is 38.0 Å². The second-order valence-electron chi connectivity index (χ2n) is 11.1. The third-order valence-corrected chi connectivity index (χ3v) is 7.21. The average Bonchev–Trinajstić information content (AvgIpc) is 3.60. The van der Waals surface area contributed by atoms with Crippen LogP contribution in [0.25, 0.3) is 0 Å². The Morgan fingerprint density at radius 3 is 2.34 bits per heavy atom. The minimum absolute atomic E-state index is 0.0766. The van der Waals surface area contributed by atoms with Crippen molar-refractivity contribution in [1.29, 1.82) is 0 Å². The highest BCUT2D eigenvalue weighted by Gasteiger charge is 2.46. The summed E-state index contributed by atoms with van der Waals surface area (Å²) in [6, 6.07) is -2.09. The Balaban J connectivity index is 1.88. The molecule has 13 nitrogen and oxygen atoms in total. The smallest absolute Gasteiger partial charge is 0.323 e. The van der Waals surface area contributed by atoms with E-state index in [2.05, 4.69) is 20.7 Å². The Hall–Kier alpha value is -1.97. The number of rotatable bonds is 18. The molecule has 41 heavy (non-hydrogen) atoms. The Morgan fingerprint density at radius 1 is 1.05 bits per heavy atom. The van der Waals surface area contributed by atoms with Gasteiger partial charge in [0.2, 0.25) is 17.7 Å². The highest BCUT2D eigenvalue weighted by Crippen LogP contribution is 2.27. The van der Waals surface area contributed by atoms with Crippen molar-refractivity contribution in [2.45, 2.75) is 71.2 Å². The number of likely N-dealkylation sites (N-methyl/N-ethyl adjacent to an activating group) is 1. The molecule has 2 aliphatic heterocycles. The molecule has 0 saturated carbocycles. The molecule has 4 N–H and O–H groups in total. The first kappa shape index (κ1) is 35.2. The van der Waals surface area contributed by atoms with Crippen LogP contribution < -0.4 is 20.7 Å². The lowest BCUT2D eigenvalue weighted by Crippen LogP contribution is -2.58. The summed E-state index contributed by atoms with van der Waals surface area (Å²) in [5.41, 5.74) is -0.657. The van der Waals surface area contributed by atoms with E-state index in [1.165, 1.54) is 16.8 Å². The first-order valence-corrected chi connectivity index (χ1v) is 15.6. The molecule has 3 amide bonds. The Bertz CT molecular complexity index is 837. The zero-order valence-corrected chi connectivity index (χ0v) is 25.9. The Labute approximate surface area is 248 Å².